The number of nitro groups is 1. The molecule has 11 heteroatoms. The minimum atomic E-state index is -0.486. The summed E-state index contributed by atoms with van der Waals surface area (Å²) in [5.41, 5.74) is 2.16. The van der Waals surface area contributed by atoms with Crippen LogP contribution in [0.5, 0.6) is 0 Å². The number of benzene rings is 1. The zero-order valence-electron chi connectivity index (χ0n) is 16.1. The summed E-state index contributed by atoms with van der Waals surface area (Å²) in [6.45, 7) is 1.02. The first-order chi connectivity index (χ1) is 15.1. The first-order valence-corrected chi connectivity index (χ1v) is 9.68. The van der Waals surface area contributed by atoms with Crippen LogP contribution < -0.4 is 10.6 Å². The van der Waals surface area contributed by atoms with E-state index in [-0.39, 0.29) is 5.69 Å². The number of hydrogen-bond acceptors (Lipinski definition) is 8. The SMILES string of the molecule is O=[N+]([O-])c1ccc(NCCNc2ncc(-n3ccnc3)c(-c3ccccc3Cl)n2)nc1. The van der Waals surface area contributed by atoms with Crippen LogP contribution in [0.4, 0.5) is 17.5 Å². The molecule has 3 heterocycles. The maximum atomic E-state index is 10.7. The Labute approximate surface area is 182 Å². The second kappa shape index (κ2) is 9.18. The first-order valence-electron chi connectivity index (χ1n) is 9.30. The second-order valence-corrected chi connectivity index (χ2v) is 6.80. The third-order valence-electron chi connectivity index (χ3n) is 4.35. The summed E-state index contributed by atoms with van der Waals surface area (Å²) in [4.78, 5) is 27.4. The van der Waals surface area contributed by atoms with Crippen LogP contribution in [0.2, 0.25) is 5.02 Å². The van der Waals surface area contributed by atoms with Gasteiger partial charge in [0.05, 0.1) is 28.2 Å². The number of rotatable bonds is 8. The summed E-state index contributed by atoms with van der Waals surface area (Å²) in [7, 11) is 0. The van der Waals surface area contributed by atoms with E-state index in [1.54, 1.807) is 24.8 Å². The number of anilines is 2. The molecule has 0 atom stereocenters. The molecule has 4 rings (SSSR count). The van der Waals surface area contributed by atoms with E-state index < -0.39 is 4.92 Å². The third-order valence-corrected chi connectivity index (χ3v) is 4.68. The minimum absolute atomic E-state index is 0.0536. The molecule has 0 amide bonds. The van der Waals surface area contributed by atoms with Gasteiger partial charge in [0.2, 0.25) is 5.95 Å². The van der Waals surface area contributed by atoms with Gasteiger partial charge >= 0.3 is 0 Å². The normalized spacial score (nSPS) is 10.6. The highest BCUT2D eigenvalue weighted by molar-refractivity contribution is 6.33. The lowest BCUT2D eigenvalue weighted by Gasteiger charge is -2.13. The lowest BCUT2D eigenvalue weighted by atomic mass is 10.1. The standard InChI is InChI=1S/C20H17ClN8O2/c21-16-4-2-1-3-15(16)19-17(28-10-9-22-13-28)12-26-20(27-19)24-8-7-23-18-6-5-14(11-25-18)29(30)31/h1-6,9-13H,7-8H2,(H,23,25)(H,24,26,27). The van der Waals surface area contributed by atoms with Gasteiger partial charge in [-0.25, -0.2) is 19.9 Å². The molecule has 0 saturated heterocycles. The molecule has 10 nitrogen and oxygen atoms in total. The molecule has 156 valence electrons. The van der Waals surface area contributed by atoms with Gasteiger partial charge in [0.15, 0.2) is 0 Å². The molecule has 0 aliphatic carbocycles. The van der Waals surface area contributed by atoms with Gasteiger partial charge in [0.25, 0.3) is 5.69 Å². The van der Waals surface area contributed by atoms with Crippen LogP contribution >= 0.6 is 11.6 Å². The topological polar surface area (TPSA) is 124 Å². The largest absolute Gasteiger partial charge is 0.368 e. The highest BCUT2D eigenvalue weighted by Gasteiger charge is 2.14. The minimum Gasteiger partial charge on any atom is -0.368 e. The Morgan fingerprint density at radius 1 is 1.06 bits per heavy atom. The van der Waals surface area contributed by atoms with Crippen LogP contribution in [0.1, 0.15) is 0 Å². The van der Waals surface area contributed by atoms with Crippen molar-refractivity contribution in [3.63, 3.8) is 0 Å². The van der Waals surface area contributed by atoms with E-state index in [9.17, 15) is 10.1 Å². The molecule has 0 fully saturated rings. The average molecular weight is 437 g/mol. The number of imidazole rings is 1. The molecule has 31 heavy (non-hydrogen) atoms. The number of hydrogen-bond donors (Lipinski definition) is 2. The zero-order valence-corrected chi connectivity index (χ0v) is 16.9. The molecule has 0 aliphatic heterocycles. The van der Waals surface area contributed by atoms with Gasteiger partial charge < -0.3 is 15.2 Å². The highest BCUT2D eigenvalue weighted by Crippen LogP contribution is 2.31. The van der Waals surface area contributed by atoms with E-state index in [1.165, 1.54) is 12.3 Å². The zero-order chi connectivity index (χ0) is 21.6. The molecule has 0 bridgehead atoms. The molecular formula is C20H17ClN8O2. The van der Waals surface area contributed by atoms with Crippen molar-refractivity contribution < 1.29 is 4.92 Å². The predicted molar refractivity (Wildman–Crippen MR) is 117 cm³/mol. The Morgan fingerprint density at radius 2 is 1.90 bits per heavy atom. The molecule has 0 unspecified atom stereocenters. The molecule has 1 aromatic carbocycles. The maximum Gasteiger partial charge on any atom is 0.287 e. The van der Waals surface area contributed by atoms with Gasteiger partial charge in [0, 0.05) is 37.1 Å². The van der Waals surface area contributed by atoms with Crippen LogP contribution in [0.15, 0.2) is 67.5 Å². The van der Waals surface area contributed by atoms with Crippen LogP contribution in [-0.4, -0.2) is 42.5 Å². The monoisotopic (exact) mass is 436 g/mol. The number of nitrogens with zero attached hydrogens (tertiary/aromatic N) is 6. The summed E-state index contributed by atoms with van der Waals surface area (Å²) in [5, 5.41) is 17.5. The van der Waals surface area contributed by atoms with Crippen molar-refractivity contribution in [2.45, 2.75) is 0 Å². The summed E-state index contributed by atoms with van der Waals surface area (Å²) in [6.07, 6.45) is 8.09. The van der Waals surface area contributed by atoms with E-state index in [0.29, 0.717) is 35.6 Å². The molecule has 4 aromatic rings. The van der Waals surface area contributed by atoms with E-state index >= 15 is 0 Å². The highest BCUT2D eigenvalue weighted by atomic mass is 35.5. The van der Waals surface area contributed by atoms with Crippen LogP contribution in [0, 0.1) is 10.1 Å². The summed E-state index contributed by atoms with van der Waals surface area (Å²) < 4.78 is 1.82. The Morgan fingerprint density at radius 3 is 2.61 bits per heavy atom. The molecule has 0 aliphatic rings. The molecule has 0 radical (unpaired) electrons. The first kappa shape index (κ1) is 20.2. The molecule has 3 aromatic heterocycles. The lowest BCUT2D eigenvalue weighted by Crippen LogP contribution is -2.16. The van der Waals surface area contributed by atoms with Crippen molar-refractivity contribution in [1.82, 2.24) is 24.5 Å². The van der Waals surface area contributed by atoms with E-state index in [4.69, 9.17) is 11.6 Å². The van der Waals surface area contributed by atoms with Crippen molar-refractivity contribution in [1.29, 1.82) is 0 Å². The number of pyridine rings is 1. The summed E-state index contributed by atoms with van der Waals surface area (Å²) in [6, 6.07) is 10.4. The number of halogens is 1. The van der Waals surface area contributed by atoms with Gasteiger partial charge in [-0.3, -0.25) is 10.1 Å². The third kappa shape index (κ3) is 4.75. The van der Waals surface area contributed by atoms with Crippen molar-refractivity contribution in [3.05, 3.63) is 82.6 Å². The lowest BCUT2D eigenvalue weighted by molar-refractivity contribution is -0.385. The Kier molecular flexibility index (Phi) is 5.99. The summed E-state index contributed by atoms with van der Waals surface area (Å²) >= 11 is 6.40. The van der Waals surface area contributed by atoms with Gasteiger partial charge in [-0.05, 0) is 12.1 Å². The van der Waals surface area contributed by atoms with Crippen LogP contribution in [-0.2, 0) is 0 Å². The fourth-order valence-electron chi connectivity index (χ4n) is 2.87. The molecule has 2 N–H and O–H groups in total. The molecular weight excluding hydrogens is 420 g/mol. The van der Waals surface area contributed by atoms with Crippen LogP contribution in [0.25, 0.3) is 16.9 Å². The van der Waals surface area contributed by atoms with Gasteiger partial charge in [-0.15, -0.1) is 0 Å². The fourth-order valence-corrected chi connectivity index (χ4v) is 3.09. The smallest absolute Gasteiger partial charge is 0.287 e. The Balaban J connectivity index is 1.47. The van der Waals surface area contributed by atoms with E-state index in [1.807, 2.05) is 35.0 Å². The second-order valence-electron chi connectivity index (χ2n) is 6.39. The van der Waals surface area contributed by atoms with Gasteiger partial charge in [0.1, 0.15) is 17.7 Å². The molecule has 0 spiro atoms. The van der Waals surface area contributed by atoms with Crippen molar-refractivity contribution in [3.8, 4) is 16.9 Å². The van der Waals surface area contributed by atoms with Crippen molar-refractivity contribution in [2.24, 2.45) is 0 Å². The van der Waals surface area contributed by atoms with E-state index in [2.05, 4.69) is 30.6 Å². The van der Waals surface area contributed by atoms with Crippen LogP contribution in [0.3, 0.4) is 0 Å². The Hall–Kier alpha value is -4.05. The van der Waals surface area contributed by atoms with E-state index in [0.717, 1.165) is 11.3 Å². The molecule has 0 saturated carbocycles. The summed E-state index contributed by atoms with van der Waals surface area (Å²) in [5.74, 6) is 0.984. The van der Waals surface area contributed by atoms with Gasteiger partial charge in [-0.1, -0.05) is 29.8 Å². The maximum absolute atomic E-state index is 10.7. The van der Waals surface area contributed by atoms with Gasteiger partial charge in [-0.2, -0.15) is 0 Å². The van der Waals surface area contributed by atoms with Crippen molar-refractivity contribution >= 4 is 29.1 Å². The number of nitrogens with one attached hydrogen (secondary N) is 2. The fraction of sp³-hybridized carbons (Fsp3) is 0.100. The Bertz CT molecular complexity index is 1180. The number of aromatic nitrogens is 5. The van der Waals surface area contributed by atoms with Crippen molar-refractivity contribution in [2.75, 3.05) is 23.7 Å². The quantitative estimate of drug-likeness (QED) is 0.243. The predicted octanol–water partition coefficient (Wildman–Crippen LogP) is 3.81. The average Bonchev–Trinajstić information content (AvgIpc) is 3.32.